The largest absolute Gasteiger partial charge is 0.375 e. The fraction of sp³-hybridized carbons (Fsp3) is 0.538. The highest BCUT2D eigenvalue weighted by Crippen LogP contribution is 2.19. The molecule has 5 heteroatoms. The minimum atomic E-state index is 0.0247. The van der Waals surface area contributed by atoms with Crippen molar-refractivity contribution in [2.75, 3.05) is 12.3 Å². The molecule has 2 rings (SSSR count). The molecule has 0 aliphatic heterocycles. The molecular formula is C13H19N3OS. The van der Waals surface area contributed by atoms with Crippen LogP contribution in [0.5, 0.6) is 0 Å². The van der Waals surface area contributed by atoms with Crippen molar-refractivity contribution >= 4 is 22.4 Å². The molecular weight excluding hydrogens is 246 g/mol. The fourth-order valence-electron chi connectivity index (χ4n) is 2.13. The molecule has 0 aromatic carbocycles. The van der Waals surface area contributed by atoms with Gasteiger partial charge >= 0.3 is 0 Å². The quantitative estimate of drug-likeness (QED) is 0.803. The second-order valence-electron chi connectivity index (χ2n) is 4.56. The number of hydrogen-bond donors (Lipinski definition) is 2. The number of rotatable bonds is 5. The van der Waals surface area contributed by atoms with Crippen LogP contribution in [0, 0.1) is 0 Å². The van der Waals surface area contributed by atoms with Crippen molar-refractivity contribution < 1.29 is 4.79 Å². The van der Waals surface area contributed by atoms with Gasteiger partial charge in [-0.2, -0.15) is 0 Å². The number of nitrogens with two attached hydrogens (primary N) is 1. The van der Waals surface area contributed by atoms with E-state index in [4.69, 9.17) is 5.73 Å². The molecule has 0 fully saturated rings. The molecule has 0 saturated carbocycles. The summed E-state index contributed by atoms with van der Waals surface area (Å²) < 4.78 is 0. The number of carbonyl (C=O) groups is 1. The van der Waals surface area contributed by atoms with Crippen LogP contribution in [0.2, 0.25) is 0 Å². The van der Waals surface area contributed by atoms with Gasteiger partial charge in [-0.3, -0.25) is 4.79 Å². The van der Waals surface area contributed by atoms with Gasteiger partial charge < -0.3 is 11.1 Å². The summed E-state index contributed by atoms with van der Waals surface area (Å²) in [5.41, 5.74) is 7.76. The lowest BCUT2D eigenvalue weighted by molar-refractivity contribution is -0.120. The number of aromatic nitrogens is 1. The van der Waals surface area contributed by atoms with Gasteiger partial charge in [-0.1, -0.05) is 11.6 Å². The molecule has 1 heterocycles. The lowest BCUT2D eigenvalue weighted by Gasteiger charge is -2.12. The molecule has 0 unspecified atom stereocenters. The van der Waals surface area contributed by atoms with E-state index in [0.29, 0.717) is 11.6 Å². The average molecular weight is 265 g/mol. The number of carbonyl (C=O) groups excluding carboxylic acids is 1. The third-order valence-electron chi connectivity index (χ3n) is 3.06. The second-order valence-corrected chi connectivity index (χ2v) is 5.45. The Morgan fingerprint density at radius 3 is 3.06 bits per heavy atom. The molecule has 0 saturated heterocycles. The van der Waals surface area contributed by atoms with Crippen molar-refractivity contribution in [2.24, 2.45) is 0 Å². The van der Waals surface area contributed by atoms with E-state index in [1.165, 1.54) is 42.6 Å². The third kappa shape index (κ3) is 4.14. The molecule has 1 aromatic heterocycles. The molecule has 98 valence electrons. The summed E-state index contributed by atoms with van der Waals surface area (Å²) in [5.74, 6) is 0.0247. The van der Waals surface area contributed by atoms with Crippen LogP contribution in [-0.2, 0) is 11.2 Å². The zero-order valence-electron chi connectivity index (χ0n) is 10.4. The van der Waals surface area contributed by atoms with Crippen LogP contribution >= 0.6 is 11.3 Å². The van der Waals surface area contributed by atoms with Crippen LogP contribution in [0.15, 0.2) is 17.0 Å². The molecule has 0 atom stereocenters. The maximum absolute atomic E-state index is 11.7. The number of thiazole rings is 1. The maximum Gasteiger partial charge on any atom is 0.226 e. The highest BCUT2D eigenvalue weighted by Gasteiger charge is 2.07. The molecule has 3 N–H and O–H groups in total. The number of hydrogen-bond acceptors (Lipinski definition) is 4. The van der Waals surface area contributed by atoms with E-state index in [9.17, 15) is 4.79 Å². The second kappa shape index (κ2) is 6.54. The third-order valence-corrected chi connectivity index (χ3v) is 3.79. The zero-order valence-corrected chi connectivity index (χ0v) is 11.3. The first kappa shape index (κ1) is 13.1. The summed E-state index contributed by atoms with van der Waals surface area (Å²) in [6, 6.07) is 0. The highest BCUT2D eigenvalue weighted by molar-refractivity contribution is 7.13. The average Bonchev–Trinajstić information content (AvgIpc) is 2.76. The first-order chi connectivity index (χ1) is 8.74. The molecule has 18 heavy (non-hydrogen) atoms. The van der Waals surface area contributed by atoms with Crippen LogP contribution in [0.4, 0.5) is 5.13 Å². The topological polar surface area (TPSA) is 68.0 Å². The van der Waals surface area contributed by atoms with Crippen molar-refractivity contribution in [1.29, 1.82) is 0 Å². The Hall–Kier alpha value is -1.36. The molecule has 4 nitrogen and oxygen atoms in total. The highest BCUT2D eigenvalue weighted by atomic mass is 32.1. The summed E-state index contributed by atoms with van der Waals surface area (Å²) in [5, 5.41) is 5.28. The van der Waals surface area contributed by atoms with Crippen LogP contribution in [0.1, 0.15) is 37.8 Å². The fourth-order valence-corrected chi connectivity index (χ4v) is 2.69. The summed E-state index contributed by atoms with van der Waals surface area (Å²) in [4.78, 5) is 15.7. The molecule has 1 aliphatic carbocycles. The normalized spacial score (nSPS) is 15.2. The molecule has 0 radical (unpaired) electrons. The van der Waals surface area contributed by atoms with Gasteiger partial charge in [0.1, 0.15) is 0 Å². The Kier molecular flexibility index (Phi) is 4.75. The Labute approximate surface area is 111 Å². The predicted molar refractivity (Wildman–Crippen MR) is 74.4 cm³/mol. The van der Waals surface area contributed by atoms with Gasteiger partial charge in [0.15, 0.2) is 5.13 Å². The number of anilines is 1. The molecule has 1 amide bonds. The predicted octanol–water partition coefficient (Wildman–Crippen LogP) is 2.27. The summed E-state index contributed by atoms with van der Waals surface area (Å²) >= 11 is 1.37. The van der Waals surface area contributed by atoms with E-state index in [0.717, 1.165) is 18.7 Å². The minimum Gasteiger partial charge on any atom is -0.375 e. The van der Waals surface area contributed by atoms with E-state index < -0.39 is 0 Å². The zero-order chi connectivity index (χ0) is 12.8. The SMILES string of the molecule is Nc1nc(CC(=O)NCCC2=CCCCC2)cs1. The Morgan fingerprint density at radius 1 is 1.50 bits per heavy atom. The number of nitrogens with one attached hydrogen (secondary N) is 1. The summed E-state index contributed by atoms with van der Waals surface area (Å²) in [6.07, 6.45) is 8.60. The molecule has 1 aliphatic rings. The van der Waals surface area contributed by atoms with E-state index in [1.54, 1.807) is 0 Å². The van der Waals surface area contributed by atoms with Gasteiger partial charge in [-0.05, 0) is 32.1 Å². The van der Waals surface area contributed by atoms with E-state index >= 15 is 0 Å². The lowest BCUT2D eigenvalue weighted by Crippen LogP contribution is -2.26. The standard InChI is InChI=1S/C13H19N3OS/c14-13-16-11(9-18-13)8-12(17)15-7-6-10-4-2-1-3-5-10/h4,9H,1-3,5-8H2,(H2,14,16)(H,15,17). The van der Waals surface area contributed by atoms with E-state index in [1.807, 2.05) is 5.38 Å². The first-order valence-electron chi connectivity index (χ1n) is 6.38. The number of nitrogens with zero attached hydrogens (tertiary/aromatic N) is 1. The monoisotopic (exact) mass is 265 g/mol. The van der Waals surface area contributed by atoms with Gasteiger partial charge in [0, 0.05) is 11.9 Å². The maximum atomic E-state index is 11.7. The van der Waals surface area contributed by atoms with Gasteiger partial charge in [0.25, 0.3) is 0 Å². The summed E-state index contributed by atoms with van der Waals surface area (Å²) in [6.45, 7) is 0.726. The van der Waals surface area contributed by atoms with Gasteiger partial charge in [0.2, 0.25) is 5.91 Å². The van der Waals surface area contributed by atoms with Crippen molar-refractivity contribution in [3.63, 3.8) is 0 Å². The van der Waals surface area contributed by atoms with Crippen molar-refractivity contribution in [3.05, 3.63) is 22.7 Å². The van der Waals surface area contributed by atoms with Crippen molar-refractivity contribution in [3.8, 4) is 0 Å². The van der Waals surface area contributed by atoms with Crippen molar-refractivity contribution in [2.45, 2.75) is 38.5 Å². The Bertz CT molecular complexity index is 439. The van der Waals surface area contributed by atoms with E-state index in [2.05, 4.69) is 16.4 Å². The van der Waals surface area contributed by atoms with E-state index in [-0.39, 0.29) is 5.91 Å². The smallest absolute Gasteiger partial charge is 0.226 e. The number of nitrogen functional groups attached to an aromatic ring is 1. The Morgan fingerprint density at radius 2 is 2.39 bits per heavy atom. The number of amides is 1. The first-order valence-corrected chi connectivity index (χ1v) is 7.26. The molecule has 1 aromatic rings. The van der Waals surface area contributed by atoms with Crippen molar-refractivity contribution in [1.82, 2.24) is 10.3 Å². The number of allylic oxidation sites excluding steroid dienone is 1. The van der Waals surface area contributed by atoms with Crippen LogP contribution in [0.3, 0.4) is 0 Å². The lowest BCUT2D eigenvalue weighted by atomic mass is 9.97. The van der Waals surface area contributed by atoms with Crippen LogP contribution in [-0.4, -0.2) is 17.4 Å². The molecule has 0 bridgehead atoms. The summed E-state index contributed by atoms with van der Waals surface area (Å²) in [7, 11) is 0. The van der Waals surface area contributed by atoms with Gasteiger partial charge in [0.05, 0.1) is 12.1 Å². The van der Waals surface area contributed by atoms with Crippen LogP contribution < -0.4 is 11.1 Å². The minimum absolute atomic E-state index is 0.0247. The Balaban J connectivity index is 1.67. The van der Waals surface area contributed by atoms with Gasteiger partial charge in [-0.15, -0.1) is 11.3 Å². The van der Waals surface area contributed by atoms with Crippen LogP contribution in [0.25, 0.3) is 0 Å². The van der Waals surface area contributed by atoms with Gasteiger partial charge in [-0.25, -0.2) is 4.98 Å². The molecule has 0 spiro atoms.